The molecule has 2 aliphatic carbocycles. The Bertz CT molecular complexity index is 1360. The molecule has 1 fully saturated rings. The number of hydrogen-bond acceptors (Lipinski definition) is 7. The van der Waals surface area contributed by atoms with Crippen molar-refractivity contribution in [3.63, 3.8) is 0 Å². The van der Waals surface area contributed by atoms with Crippen molar-refractivity contribution >= 4 is 29.2 Å². The summed E-state index contributed by atoms with van der Waals surface area (Å²) < 4.78 is 11.3. The molecule has 3 aliphatic rings. The van der Waals surface area contributed by atoms with Crippen LogP contribution in [0.25, 0.3) is 0 Å². The Hall–Kier alpha value is -3.07. The Labute approximate surface area is 245 Å². The maximum atomic E-state index is 12.7. The number of carbonyl (C=O) groups is 2. The highest BCUT2D eigenvalue weighted by Gasteiger charge is 2.50. The number of aliphatic hydroxyl groups excluding tert-OH is 1. The fourth-order valence-electron chi connectivity index (χ4n) is 7.21. The van der Waals surface area contributed by atoms with Crippen LogP contribution in [0, 0.1) is 11.3 Å². The summed E-state index contributed by atoms with van der Waals surface area (Å²) in [5.74, 6) is -1.77. The highest BCUT2D eigenvalue weighted by atomic mass is 35.5. The summed E-state index contributed by atoms with van der Waals surface area (Å²) in [6.45, 7) is 7.58. The number of aryl methyl sites for hydroxylation is 1. The topological polar surface area (TPSA) is 117 Å². The molecule has 41 heavy (non-hydrogen) atoms. The van der Waals surface area contributed by atoms with E-state index >= 15 is 0 Å². The zero-order chi connectivity index (χ0) is 29.6. The number of carbonyl (C=O) groups excluding carboxylic acids is 1. The molecule has 220 valence electrons. The Morgan fingerprint density at radius 3 is 2.73 bits per heavy atom. The molecule has 0 radical (unpaired) electrons. The first-order valence-corrected chi connectivity index (χ1v) is 14.5. The van der Waals surface area contributed by atoms with Gasteiger partial charge in [-0.3, -0.25) is 4.79 Å². The van der Waals surface area contributed by atoms with E-state index in [1.54, 1.807) is 18.2 Å². The van der Waals surface area contributed by atoms with Crippen molar-refractivity contribution in [3.8, 4) is 5.75 Å². The van der Waals surface area contributed by atoms with Crippen LogP contribution < -0.4 is 9.64 Å². The summed E-state index contributed by atoms with van der Waals surface area (Å²) in [6, 6.07) is 10.9. The number of nitrogens with zero attached hydrogens (tertiary/aromatic N) is 1. The predicted octanol–water partition coefficient (Wildman–Crippen LogP) is 4.61. The molecule has 9 heteroatoms. The molecule has 0 saturated heterocycles. The average molecular weight is 584 g/mol. The molecule has 1 heterocycles. The van der Waals surface area contributed by atoms with Gasteiger partial charge in [-0.05, 0) is 84.4 Å². The third-order valence-electron chi connectivity index (χ3n) is 9.57. The van der Waals surface area contributed by atoms with Crippen LogP contribution in [-0.4, -0.2) is 60.2 Å². The quantitative estimate of drug-likeness (QED) is 0.305. The molecular weight excluding hydrogens is 546 g/mol. The van der Waals surface area contributed by atoms with Crippen molar-refractivity contribution in [2.45, 2.75) is 62.6 Å². The van der Waals surface area contributed by atoms with Crippen LogP contribution in [0.1, 0.15) is 55.7 Å². The number of hydrogen-bond donors (Lipinski definition) is 3. The van der Waals surface area contributed by atoms with E-state index in [2.05, 4.69) is 24.5 Å². The molecule has 1 saturated carbocycles. The Kier molecular flexibility index (Phi) is 7.87. The summed E-state index contributed by atoms with van der Waals surface area (Å²) in [6.07, 6.45) is 4.72. The maximum absolute atomic E-state index is 12.7. The monoisotopic (exact) mass is 583 g/mol. The first-order chi connectivity index (χ1) is 19.4. The standard InChI is InChI=1S/C32H38ClNO7/c1-4-26(35)24-11-13-30(24,2)17-34-18-31(12-5-6-20-14-22(33)8-9-23(20)31)19-41-27-10-7-21(15-25(27)34)32(39,16-28(36)37)29(38)40-3/h4,7-10,14-15,24,26,35,39H,1,5-6,11-13,16-19H2,2-3H3,(H,36,37)/t24-,26-,30?,31-,32-/m0/s1. The molecule has 1 aliphatic heterocycles. The smallest absolute Gasteiger partial charge is 0.343 e. The number of aliphatic carboxylic acids is 1. The lowest BCUT2D eigenvalue weighted by atomic mass is 9.58. The minimum absolute atomic E-state index is 0.0308. The van der Waals surface area contributed by atoms with Crippen LogP contribution in [0.4, 0.5) is 5.69 Å². The molecule has 0 bridgehead atoms. The lowest BCUT2D eigenvalue weighted by molar-refractivity contribution is -0.169. The lowest BCUT2D eigenvalue weighted by Crippen LogP contribution is -2.54. The summed E-state index contributed by atoms with van der Waals surface area (Å²) in [5, 5.41) is 32.3. The van der Waals surface area contributed by atoms with Gasteiger partial charge in [0, 0.05) is 23.5 Å². The van der Waals surface area contributed by atoms with E-state index in [-0.39, 0.29) is 22.3 Å². The number of benzene rings is 2. The number of carboxylic acids is 1. The van der Waals surface area contributed by atoms with Gasteiger partial charge < -0.3 is 29.7 Å². The summed E-state index contributed by atoms with van der Waals surface area (Å²) in [7, 11) is 1.12. The van der Waals surface area contributed by atoms with Gasteiger partial charge in [-0.25, -0.2) is 4.79 Å². The van der Waals surface area contributed by atoms with Crippen molar-refractivity contribution in [1.82, 2.24) is 0 Å². The number of esters is 1. The normalized spacial score (nSPS) is 27.2. The largest absolute Gasteiger partial charge is 0.490 e. The summed E-state index contributed by atoms with van der Waals surface area (Å²) in [5.41, 5.74) is 0.231. The van der Waals surface area contributed by atoms with Crippen LogP contribution in [0.5, 0.6) is 5.75 Å². The van der Waals surface area contributed by atoms with E-state index in [1.165, 1.54) is 17.2 Å². The van der Waals surface area contributed by atoms with E-state index in [4.69, 9.17) is 21.1 Å². The van der Waals surface area contributed by atoms with Gasteiger partial charge in [-0.1, -0.05) is 36.7 Å². The Morgan fingerprint density at radius 2 is 2.07 bits per heavy atom. The number of aliphatic hydroxyl groups is 2. The molecule has 1 spiro atoms. The number of halogens is 1. The predicted molar refractivity (Wildman–Crippen MR) is 155 cm³/mol. The third-order valence-corrected chi connectivity index (χ3v) is 9.81. The number of ether oxygens (including phenoxy) is 2. The van der Waals surface area contributed by atoms with Crippen LogP contribution in [0.15, 0.2) is 49.1 Å². The van der Waals surface area contributed by atoms with Gasteiger partial charge in [-0.15, -0.1) is 6.58 Å². The molecule has 0 amide bonds. The summed E-state index contributed by atoms with van der Waals surface area (Å²) in [4.78, 5) is 26.6. The van der Waals surface area contributed by atoms with E-state index in [0.29, 0.717) is 36.2 Å². The highest BCUT2D eigenvalue weighted by Crippen LogP contribution is 2.52. The van der Waals surface area contributed by atoms with Crippen molar-refractivity contribution in [2.24, 2.45) is 11.3 Å². The maximum Gasteiger partial charge on any atom is 0.343 e. The van der Waals surface area contributed by atoms with Crippen molar-refractivity contribution in [1.29, 1.82) is 0 Å². The highest BCUT2D eigenvalue weighted by molar-refractivity contribution is 6.30. The number of fused-ring (bicyclic) bond motifs is 3. The number of rotatable bonds is 8. The van der Waals surface area contributed by atoms with Gasteiger partial charge >= 0.3 is 11.9 Å². The Balaban J connectivity index is 1.62. The second-order valence-corrected chi connectivity index (χ2v) is 12.6. The van der Waals surface area contributed by atoms with Crippen LogP contribution in [0.3, 0.4) is 0 Å². The van der Waals surface area contributed by atoms with Crippen molar-refractivity contribution in [3.05, 3.63) is 70.8 Å². The second-order valence-electron chi connectivity index (χ2n) is 12.2. The van der Waals surface area contributed by atoms with Crippen LogP contribution >= 0.6 is 11.6 Å². The third kappa shape index (κ3) is 5.22. The molecule has 5 atom stereocenters. The molecular formula is C32H38ClNO7. The van der Waals surface area contributed by atoms with Gasteiger partial charge in [0.2, 0.25) is 0 Å². The van der Waals surface area contributed by atoms with Gasteiger partial charge in [-0.2, -0.15) is 0 Å². The molecule has 5 rings (SSSR count). The minimum atomic E-state index is -2.37. The van der Waals surface area contributed by atoms with Gasteiger partial charge in [0.05, 0.1) is 31.9 Å². The van der Waals surface area contributed by atoms with Crippen molar-refractivity contribution < 1.29 is 34.4 Å². The van der Waals surface area contributed by atoms with E-state index < -0.39 is 30.1 Å². The number of anilines is 1. The fourth-order valence-corrected chi connectivity index (χ4v) is 7.41. The van der Waals surface area contributed by atoms with E-state index in [9.17, 15) is 24.9 Å². The zero-order valence-corrected chi connectivity index (χ0v) is 24.3. The SMILES string of the molecule is C=C[C@H](O)[C@@H]1CCC1(C)CN1C[C@@]2(CCCc3cc(Cl)ccc32)COc2ccc([C@@](O)(CC(=O)O)C(=O)OC)cc21. The van der Waals surface area contributed by atoms with Gasteiger partial charge in [0.15, 0.2) is 5.60 Å². The molecule has 8 nitrogen and oxygen atoms in total. The molecule has 2 aromatic rings. The van der Waals surface area contributed by atoms with Crippen molar-refractivity contribution in [2.75, 3.05) is 31.7 Å². The van der Waals surface area contributed by atoms with Gasteiger partial charge in [0.25, 0.3) is 0 Å². The lowest BCUT2D eigenvalue weighted by Gasteiger charge is -2.52. The fraction of sp³-hybridized carbons (Fsp3) is 0.500. The van der Waals surface area contributed by atoms with Gasteiger partial charge in [0.1, 0.15) is 5.75 Å². The van der Waals surface area contributed by atoms with E-state index in [0.717, 1.165) is 39.2 Å². The first kappa shape index (κ1) is 29.4. The first-order valence-electron chi connectivity index (χ1n) is 14.1. The minimum Gasteiger partial charge on any atom is -0.490 e. The van der Waals surface area contributed by atoms with Crippen LogP contribution in [0.2, 0.25) is 5.02 Å². The number of methoxy groups -OCH3 is 1. The second kappa shape index (κ2) is 11.0. The molecule has 1 unspecified atom stereocenters. The summed E-state index contributed by atoms with van der Waals surface area (Å²) >= 11 is 6.37. The molecule has 2 aromatic carbocycles. The zero-order valence-electron chi connectivity index (χ0n) is 23.6. The average Bonchev–Trinajstić information content (AvgIpc) is 3.08. The number of carboxylic acid groups (broad SMARTS) is 1. The van der Waals surface area contributed by atoms with Crippen LogP contribution in [-0.2, 0) is 31.8 Å². The van der Waals surface area contributed by atoms with E-state index in [1.807, 2.05) is 12.1 Å². The molecule has 3 N–H and O–H groups in total. The molecule has 0 aromatic heterocycles. The Morgan fingerprint density at radius 1 is 1.29 bits per heavy atom.